The van der Waals surface area contributed by atoms with Gasteiger partial charge in [0, 0.05) is 42.2 Å². The van der Waals surface area contributed by atoms with Crippen LogP contribution in [-0.4, -0.2) is 32.3 Å². The van der Waals surface area contributed by atoms with E-state index in [4.69, 9.17) is 9.97 Å². The van der Waals surface area contributed by atoms with Crippen molar-refractivity contribution in [3.8, 4) is 11.3 Å². The lowest BCUT2D eigenvalue weighted by atomic mass is 9.93. The third-order valence-electron chi connectivity index (χ3n) is 6.22. The van der Waals surface area contributed by atoms with E-state index < -0.39 is 0 Å². The summed E-state index contributed by atoms with van der Waals surface area (Å²) in [6.45, 7) is 0.772. The monoisotopic (exact) mass is 425 g/mol. The summed E-state index contributed by atoms with van der Waals surface area (Å²) in [5.74, 6) is 1.75. The first-order valence-electron chi connectivity index (χ1n) is 11.3. The summed E-state index contributed by atoms with van der Waals surface area (Å²) in [4.78, 5) is 29.3. The fraction of sp³-hybridized carbons (Fsp3) is 0.308. The number of likely N-dealkylation sites (tertiary alicyclic amines) is 1. The quantitative estimate of drug-likeness (QED) is 0.562. The van der Waals surface area contributed by atoms with Crippen molar-refractivity contribution in [2.75, 3.05) is 11.9 Å². The number of para-hydroxylation sites is 1. The second-order valence-corrected chi connectivity index (χ2v) is 8.39. The Kier molecular flexibility index (Phi) is 5.92. The molecule has 0 bridgehead atoms. The molecule has 2 aromatic heterocycles. The number of amides is 1. The summed E-state index contributed by atoms with van der Waals surface area (Å²) in [5.41, 5.74) is 2.77. The Morgan fingerprint density at radius 2 is 1.84 bits per heavy atom. The van der Waals surface area contributed by atoms with Crippen LogP contribution >= 0.6 is 0 Å². The van der Waals surface area contributed by atoms with Gasteiger partial charge in [-0.3, -0.25) is 9.78 Å². The Morgan fingerprint density at radius 3 is 2.62 bits per heavy atom. The van der Waals surface area contributed by atoms with E-state index in [1.165, 1.54) is 0 Å². The Hall–Kier alpha value is -3.54. The maximum absolute atomic E-state index is 13.3. The average molecular weight is 426 g/mol. The molecule has 3 heterocycles. The van der Waals surface area contributed by atoms with Crippen molar-refractivity contribution < 1.29 is 4.79 Å². The second kappa shape index (κ2) is 9.30. The van der Waals surface area contributed by atoms with E-state index in [1.54, 1.807) is 12.4 Å². The smallest absolute Gasteiger partial charge is 0.226 e. The largest absolute Gasteiger partial charge is 0.340 e. The van der Waals surface area contributed by atoms with Crippen LogP contribution in [0.15, 0.2) is 73.1 Å². The third-order valence-corrected chi connectivity index (χ3v) is 6.22. The molecule has 0 radical (unpaired) electrons. The highest BCUT2D eigenvalue weighted by Crippen LogP contribution is 2.35. The number of pyridine rings is 1. The summed E-state index contributed by atoms with van der Waals surface area (Å²) in [5, 5.41) is 3.41. The lowest BCUT2D eigenvalue weighted by molar-refractivity contribution is -0.136. The van der Waals surface area contributed by atoms with Gasteiger partial charge in [0.1, 0.15) is 5.82 Å². The highest BCUT2D eigenvalue weighted by molar-refractivity contribution is 5.80. The fourth-order valence-corrected chi connectivity index (χ4v) is 4.57. The minimum absolute atomic E-state index is 0.0749. The Labute approximate surface area is 188 Å². The number of carbonyl (C=O) groups is 1. The molecule has 1 aromatic carbocycles. The first-order valence-corrected chi connectivity index (χ1v) is 11.3. The minimum atomic E-state index is -0.0912. The molecule has 6 nitrogen and oxygen atoms in total. The number of carbonyl (C=O) groups excluding carboxylic acids is 1. The summed E-state index contributed by atoms with van der Waals surface area (Å²) >= 11 is 0. The van der Waals surface area contributed by atoms with Crippen LogP contribution in [0, 0.1) is 5.92 Å². The first kappa shape index (κ1) is 20.4. The van der Waals surface area contributed by atoms with E-state index in [-0.39, 0.29) is 17.9 Å². The molecule has 6 heteroatoms. The summed E-state index contributed by atoms with van der Waals surface area (Å²) < 4.78 is 0. The lowest BCUT2D eigenvalue weighted by Crippen LogP contribution is -2.36. The average Bonchev–Trinajstić information content (AvgIpc) is 3.35. The normalized spacial score (nSPS) is 20.3. The van der Waals surface area contributed by atoms with Gasteiger partial charge in [0.25, 0.3) is 0 Å². The number of nitrogens with one attached hydrogen (secondary N) is 1. The zero-order valence-electron chi connectivity index (χ0n) is 18.0. The molecule has 3 aromatic rings. The Bertz CT molecular complexity index is 1100. The molecule has 1 saturated heterocycles. The molecule has 0 saturated carbocycles. The zero-order valence-corrected chi connectivity index (χ0v) is 18.0. The number of aromatic nitrogens is 3. The van der Waals surface area contributed by atoms with Crippen molar-refractivity contribution in [2.24, 2.45) is 5.92 Å². The van der Waals surface area contributed by atoms with Gasteiger partial charge in [0.2, 0.25) is 5.91 Å². The van der Waals surface area contributed by atoms with Crippen LogP contribution in [-0.2, 0) is 4.79 Å². The number of hydrogen-bond acceptors (Lipinski definition) is 5. The molecule has 1 fully saturated rings. The molecule has 162 valence electrons. The number of nitrogens with zero attached hydrogens (tertiary/aromatic N) is 4. The maximum Gasteiger partial charge on any atom is 0.226 e. The van der Waals surface area contributed by atoms with Gasteiger partial charge in [-0.05, 0) is 56.4 Å². The van der Waals surface area contributed by atoms with Crippen LogP contribution in [0.1, 0.15) is 44.0 Å². The standard InChI is InChI=1S/C26H27N5O/c32-26(20-8-3-1-4-9-20)31-17-7-12-23(31)25-29-22(19-13-15-27-16-14-19)18-24(30-25)28-21-10-5-2-6-11-21/h1-3,5-6,10-11,13-16,18,20,23H,4,7-9,12,17H2,(H,28,29,30)/t20-,23-/m1/s1. The summed E-state index contributed by atoms with van der Waals surface area (Å²) in [6.07, 6.45) is 12.5. The van der Waals surface area contributed by atoms with Crippen molar-refractivity contribution in [3.05, 3.63) is 78.9 Å². The number of rotatable bonds is 5. The van der Waals surface area contributed by atoms with Crippen LogP contribution in [0.4, 0.5) is 11.5 Å². The van der Waals surface area contributed by atoms with Gasteiger partial charge in [0.15, 0.2) is 5.82 Å². The molecule has 0 unspecified atom stereocenters. The molecule has 1 aliphatic carbocycles. The van der Waals surface area contributed by atoms with Gasteiger partial charge in [-0.2, -0.15) is 0 Å². The molecular formula is C26H27N5O. The topological polar surface area (TPSA) is 71.0 Å². The van der Waals surface area contributed by atoms with Crippen LogP contribution in [0.2, 0.25) is 0 Å². The predicted molar refractivity (Wildman–Crippen MR) is 125 cm³/mol. The highest BCUT2D eigenvalue weighted by atomic mass is 16.2. The van der Waals surface area contributed by atoms with Crippen molar-refractivity contribution in [1.29, 1.82) is 0 Å². The number of anilines is 2. The zero-order chi connectivity index (χ0) is 21.8. The molecule has 2 atom stereocenters. The van der Waals surface area contributed by atoms with Gasteiger partial charge in [0.05, 0.1) is 11.7 Å². The summed E-state index contributed by atoms with van der Waals surface area (Å²) in [6, 6.07) is 15.8. The van der Waals surface area contributed by atoms with Crippen molar-refractivity contribution in [1.82, 2.24) is 19.9 Å². The predicted octanol–water partition coefficient (Wildman–Crippen LogP) is 5.30. The second-order valence-electron chi connectivity index (χ2n) is 8.39. The molecule has 1 amide bonds. The van der Waals surface area contributed by atoms with E-state index in [0.717, 1.165) is 61.4 Å². The molecule has 1 aliphatic heterocycles. The minimum Gasteiger partial charge on any atom is -0.340 e. The van der Waals surface area contributed by atoms with Gasteiger partial charge in [-0.15, -0.1) is 0 Å². The van der Waals surface area contributed by atoms with Gasteiger partial charge in [-0.25, -0.2) is 9.97 Å². The molecule has 32 heavy (non-hydrogen) atoms. The Morgan fingerprint density at radius 1 is 1.00 bits per heavy atom. The molecule has 2 aliphatic rings. The van der Waals surface area contributed by atoms with E-state index in [9.17, 15) is 4.79 Å². The third kappa shape index (κ3) is 4.40. The van der Waals surface area contributed by atoms with Crippen LogP contribution in [0.25, 0.3) is 11.3 Å². The number of hydrogen-bond donors (Lipinski definition) is 1. The van der Waals surface area contributed by atoms with Crippen molar-refractivity contribution in [2.45, 2.75) is 38.1 Å². The highest BCUT2D eigenvalue weighted by Gasteiger charge is 2.35. The van der Waals surface area contributed by atoms with Gasteiger partial charge < -0.3 is 10.2 Å². The fourth-order valence-electron chi connectivity index (χ4n) is 4.57. The number of allylic oxidation sites excluding steroid dienone is 2. The maximum atomic E-state index is 13.3. The SMILES string of the molecule is O=C([C@@H]1CC=CCC1)N1CCC[C@@H]1c1nc(Nc2ccccc2)cc(-c2ccncc2)n1. The van der Waals surface area contributed by atoms with Crippen molar-refractivity contribution >= 4 is 17.4 Å². The van der Waals surface area contributed by atoms with E-state index in [2.05, 4.69) is 22.5 Å². The number of benzene rings is 1. The van der Waals surface area contributed by atoms with Crippen molar-refractivity contribution in [3.63, 3.8) is 0 Å². The van der Waals surface area contributed by atoms with Crippen LogP contribution in [0.5, 0.6) is 0 Å². The molecule has 5 rings (SSSR count). The molecule has 1 N–H and O–H groups in total. The lowest BCUT2D eigenvalue weighted by Gasteiger charge is -2.29. The first-order chi connectivity index (χ1) is 15.8. The van der Waals surface area contributed by atoms with Gasteiger partial charge >= 0.3 is 0 Å². The Balaban J connectivity index is 1.49. The summed E-state index contributed by atoms with van der Waals surface area (Å²) in [7, 11) is 0. The van der Waals surface area contributed by atoms with E-state index in [1.807, 2.05) is 53.4 Å². The van der Waals surface area contributed by atoms with E-state index >= 15 is 0 Å². The molecule has 0 spiro atoms. The van der Waals surface area contributed by atoms with Gasteiger partial charge in [-0.1, -0.05) is 30.4 Å². The van der Waals surface area contributed by atoms with Crippen LogP contribution in [0.3, 0.4) is 0 Å². The van der Waals surface area contributed by atoms with Crippen LogP contribution < -0.4 is 5.32 Å². The molecular weight excluding hydrogens is 398 g/mol. The van der Waals surface area contributed by atoms with E-state index in [0.29, 0.717) is 5.82 Å².